The lowest BCUT2D eigenvalue weighted by Crippen LogP contribution is -2.49. The molecular formula is C30H38N6O3. The fraction of sp³-hybridized carbons (Fsp3) is 0.533. The first-order chi connectivity index (χ1) is 18.9. The third kappa shape index (κ3) is 5.70. The topological polar surface area (TPSA) is 94.3 Å². The van der Waals surface area contributed by atoms with Crippen LogP contribution < -0.4 is 10.9 Å². The van der Waals surface area contributed by atoms with Crippen molar-refractivity contribution in [2.45, 2.75) is 57.5 Å². The van der Waals surface area contributed by atoms with Gasteiger partial charge in [-0.05, 0) is 73.4 Å². The quantitative estimate of drug-likeness (QED) is 0.456. The highest BCUT2D eigenvalue weighted by molar-refractivity contribution is 6.04. The standard InChI is InChI=1S/C30H38N6O3/c1-21-5-4-10-35(14-21)15-23-11-26(29(38)36(17-23)16-22-8-9-22)28(37)32-25-7-3-6-24(12-25)30(18-39-19-30)13-27-33-31-20-34(27)2/h3,6-7,11-12,17,20-22H,4-5,8-10,13-16,18-19H2,1-2H3,(H,32,37)/t21-/m0/s1. The summed E-state index contributed by atoms with van der Waals surface area (Å²) in [4.78, 5) is 29.4. The number of likely N-dealkylation sites (tertiary alicyclic amines) is 1. The number of nitrogens with one attached hydrogen (secondary N) is 1. The highest BCUT2D eigenvalue weighted by Gasteiger charge is 2.41. The van der Waals surface area contributed by atoms with Crippen molar-refractivity contribution in [1.29, 1.82) is 0 Å². The highest BCUT2D eigenvalue weighted by atomic mass is 16.5. The van der Waals surface area contributed by atoms with E-state index in [0.29, 0.717) is 43.7 Å². The van der Waals surface area contributed by atoms with Gasteiger partial charge in [0.1, 0.15) is 17.7 Å². The summed E-state index contributed by atoms with van der Waals surface area (Å²) in [6.07, 6.45) is 9.12. The van der Waals surface area contributed by atoms with Crippen molar-refractivity contribution in [3.63, 3.8) is 0 Å². The molecule has 3 aromatic rings. The van der Waals surface area contributed by atoms with E-state index in [2.05, 4.69) is 33.4 Å². The molecule has 0 spiro atoms. The fourth-order valence-corrected chi connectivity index (χ4v) is 5.96. The molecule has 0 radical (unpaired) electrons. The van der Waals surface area contributed by atoms with Crippen molar-refractivity contribution in [3.05, 3.63) is 75.7 Å². The molecule has 0 unspecified atom stereocenters. The van der Waals surface area contributed by atoms with Gasteiger partial charge in [0.25, 0.3) is 11.5 Å². The van der Waals surface area contributed by atoms with Crippen LogP contribution in [0.1, 0.15) is 59.9 Å². The van der Waals surface area contributed by atoms with Crippen LogP contribution >= 0.6 is 0 Å². The number of hydrogen-bond donors (Lipinski definition) is 1. The number of anilines is 1. The third-order valence-corrected chi connectivity index (χ3v) is 8.48. The molecule has 1 atom stereocenters. The van der Waals surface area contributed by atoms with Gasteiger partial charge in [0.05, 0.1) is 13.2 Å². The number of carbonyl (C=O) groups is 1. The number of carbonyl (C=O) groups excluding carboxylic acids is 1. The van der Waals surface area contributed by atoms with Gasteiger partial charge in [-0.1, -0.05) is 19.1 Å². The Morgan fingerprint density at radius 2 is 2.05 bits per heavy atom. The van der Waals surface area contributed by atoms with Gasteiger partial charge < -0.3 is 19.2 Å². The fourth-order valence-electron chi connectivity index (χ4n) is 5.96. The van der Waals surface area contributed by atoms with Crippen molar-refractivity contribution in [2.75, 3.05) is 31.6 Å². The predicted octanol–water partition coefficient (Wildman–Crippen LogP) is 3.38. The molecule has 1 amide bonds. The summed E-state index contributed by atoms with van der Waals surface area (Å²) in [6.45, 7) is 7.01. The SMILES string of the molecule is C[C@H]1CCCN(Cc2cc(C(=O)Nc3cccc(C4(Cc5nncn5C)COC4)c3)c(=O)n(CC3CC3)c2)C1. The van der Waals surface area contributed by atoms with E-state index < -0.39 is 0 Å². The Kier molecular flexibility index (Phi) is 7.12. The molecule has 9 nitrogen and oxygen atoms in total. The van der Waals surface area contributed by atoms with Crippen LogP contribution in [0.3, 0.4) is 0 Å². The molecule has 2 aliphatic heterocycles. The number of pyridine rings is 1. The van der Waals surface area contributed by atoms with Crippen molar-refractivity contribution in [2.24, 2.45) is 18.9 Å². The zero-order valence-electron chi connectivity index (χ0n) is 22.9. The van der Waals surface area contributed by atoms with Crippen molar-refractivity contribution >= 4 is 11.6 Å². The maximum atomic E-state index is 13.5. The van der Waals surface area contributed by atoms with E-state index in [1.165, 1.54) is 12.8 Å². The molecule has 9 heteroatoms. The second-order valence-corrected chi connectivity index (χ2v) is 12.0. The number of amides is 1. The number of aryl methyl sites for hydroxylation is 1. The van der Waals surface area contributed by atoms with Gasteiger partial charge in [-0.2, -0.15) is 0 Å². The summed E-state index contributed by atoms with van der Waals surface area (Å²) < 4.78 is 9.32. The van der Waals surface area contributed by atoms with Gasteiger partial charge in [-0.3, -0.25) is 14.5 Å². The summed E-state index contributed by atoms with van der Waals surface area (Å²) >= 11 is 0. The Bertz CT molecular complexity index is 1400. The predicted molar refractivity (Wildman–Crippen MR) is 149 cm³/mol. The number of rotatable bonds is 9. The molecule has 1 aliphatic carbocycles. The van der Waals surface area contributed by atoms with Gasteiger partial charge in [0.2, 0.25) is 0 Å². The van der Waals surface area contributed by atoms with Crippen LogP contribution in [0.25, 0.3) is 0 Å². The second kappa shape index (κ2) is 10.7. The second-order valence-electron chi connectivity index (χ2n) is 12.0. The van der Waals surface area contributed by atoms with E-state index in [1.807, 2.05) is 36.0 Å². The highest BCUT2D eigenvalue weighted by Crippen LogP contribution is 2.36. The van der Waals surface area contributed by atoms with Crippen molar-refractivity contribution in [1.82, 2.24) is 24.2 Å². The van der Waals surface area contributed by atoms with Gasteiger partial charge in [-0.15, -0.1) is 10.2 Å². The average Bonchev–Trinajstić information content (AvgIpc) is 3.62. The molecule has 39 heavy (non-hydrogen) atoms. The van der Waals surface area contributed by atoms with Crippen LogP contribution in [0, 0.1) is 11.8 Å². The van der Waals surface area contributed by atoms with Gasteiger partial charge >= 0.3 is 0 Å². The molecule has 1 aromatic carbocycles. The lowest BCUT2D eigenvalue weighted by atomic mass is 9.75. The van der Waals surface area contributed by atoms with E-state index in [4.69, 9.17) is 4.74 Å². The molecule has 1 saturated carbocycles. The molecule has 3 fully saturated rings. The number of ether oxygens (including phenoxy) is 1. The Labute approximate surface area is 229 Å². The first kappa shape index (κ1) is 26.0. The van der Waals surface area contributed by atoms with Crippen LogP contribution in [-0.2, 0) is 36.7 Å². The lowest BCUT2D eigenvalue weighted by molar-refractivity contribution is -0.0610. The minimum absolute atomic E-state index is 0.211. The van der Waals surface area contributed by atoms with Crippen LogP contribution in [0.4, 0.5) is 5.69 Å². The molecule has 2 saturated heterocycles. The molecule has 2 aromatic heterocycles. The van der Waals surface area contributed by atoms with Crippen LogP contribution in [0.15, 0.2) is 47.7 Å². The Hall–Kier alpha value is -3.30. The summed E-state index contributed by atoms with van der Waals surface area (Å²) in [6, 6.07) is 9.69. The van der Waals surface area contributed by atoms with Crippen molar-refractivity contribution < 1.29 is 9.53 Å². The summed E-state index contributed by atoms with van der Waals surface area (Å²) in [5.41, 5.74) is 2.56. The van der Waals surface area contributed by atoms with Crippen LogP contribution in [-0.4, -0.2) is 56.4 Å². The normalized spacial score (nSPS) is 20.9. The van der Waals surface area contributed by atoms with E-state index in [9.17, 15) is 9.59 Å². The zero-order valence-corrected chi connectivity index (χ0v) is 22.9. The van der Waals surface area contributed by atoms with Gasteiger partial charge in [-0.25, -0.2) is 0 Å². The number of hydrogen-bond acceptors (Lipinski definition) is 6. The largest absolute Gasteiger partial charge is 0.379 e. The molecule has 206 valence electrons. The first-order valence-corrected chi connectivity index (χ1v) is 14.2. The Morgan fingerprint density at radius 3 is 2.74 bits per heavy atom. The minimum atomic E-state index is -0.359. The molecule has 4 heterocycles. The molecule has 1 N–H and O–H groups in total. The molecule has 3 aliphatic rings. The van der Waals surface area contributed by atoms with E-state index >= 15 is 0 Å². The smallest absolute Gasteiger partial charge is 0.263 e. The number of aromatic nitrogens is 4. The summed E-state index contributed by atoms with van der Waals surface area (Å²) in [5, 5.41) is 11.3. The summed E-state index contributed by atoms with van der Waals surface area (Å²) in [5.74, 6) is 1.74. The van der Waals surface area contributed by atoms with E-state index in [1.54, 1.807) is 17.0 Å². The monoisotopic (exact) mass is 530 g/mol. The van der Waals surface area contributed by atoms with Crippen LogP contribution in [0.2, 0.25) is 0 Å². The van der Waals surface area contributed by atoms with E-state index in [0.717, 1.165) is 49.4 Å². The van der Waals surface area contributed by atoms with E-state index in [-0.39, 0.29) is 22.4 Å². The Balaban J connectivity index is 1.24. The minimum Gasteiger partial charge on any atom is -0.379 e. The maximum Gasteiger partial charge on any atom is 0.263 e. The first-order valence-electron chi connectivity index (χ1n) is 14.2. The third-order valence-electron chi connectivity index (χ3n) is 8.48. The number of piperidine rings is 1. The lowest BCUT2D eigenvalue weighted by Gasteiger charge is -2.41. The molecule has 6 rings (SSSR count). The molecule has 0 bridgehead atoms. The average molecular weight is 531 g/mol. The number of nitrogens with zero attached hydrogens (tertiary/aromatic N) is 5. The van der Waals surface area contributed by atoms with Crippen molar-refractivity contribution in [3.8, 4) is 0 Å². The number of benzene rings is 1. The summed E-state index contributed by atoms with van der Waals surface area (Å²) in [7, 11) is 1.94. The Morgan fingerprint density at radius 1 is 1.21 bits per heavy atom. The van der Waals surface area contributed by atoms with Gasteiger partial charge in [0.15, 0.2) is 0 Å². The maximum absolute atomic E-state index is 13.5. The molecular weight excluding hydrogens is 492 g/mol. The van der Waals surface area contributed by atoms with Crippen LogP contribution in [0.5, 0.6) is 0 Å². The zero-order chi connectivity index (χ0) is 27.0. The van der Waals surface area contributed by atoms with Gasteiger partial charge in [0, 0.05) is 50.4 Å².